The van der Waals surface area contributed by atoms with Crippen LogP contribution in [0.1, 0.15) is 376 Å². The Morgan fingerprint density at radius 1 is 0.328 bits per heavy atom. The highest BCUT2D eigenvalue weighted by atomic mass is 14.7. The molecule has 0 heteroatoms. The van der Waals surface area contributed by atoms with Gasteiger partial charge in [0.15, 0.2) is 0 Å². The first-order valence-electron chi connectivity index (χ1n) is 31.3. The fraction of sp³-hybridized carbons (Fsp3) is 0.984. The van der Waals surface area contributed by atoms with Gasteiger partial charge in [0.25, 0.3) is 0 Å². The van der Waals surface area contributed by atoms with Crippen molar-refractivity contribution < 1.29 is 0 Å². The number of unbranched alkanes of at least 4 members (excludes halogenated alkanes) is 33. The summed E-state index contributed by atoms with van der Waals surface area (Å²) in [6.07, 6.45) is 75.7. The van der Waals surface area contributed by atoms with Crippen LogP contribution in [0.15, 0.2) is 0 Å². The van der Waals surface area contributed by atoms with Crippen LogP contribution in [-0.2, 0) is 0 Å². The van der Waals surface area contributed by atoms with Crippen LogP contribution in [-0.4, -0.2) is 0 Å². The number of hydrogen-bond donors (Lipinski definition) is 0. The van der Waals surface area contributed by atoms with E-state index < -0.39 is 0 Å². The molecule has 2 saturated carbocycles. The molecule has 381 valence electrons. The van der Waals surface area contributed by atoms with Crippen LogP contribution in [0.5, 0.6) is 0 Å². The maximum Gasteiger partial charge on any atom is -0.0148 e. The van der Waals surface area contributed by atoms with Crippen LogP contribution in [0.2, 0.25) is 0 Å². The smallest absolute Gasteiger partial charge is 0.0148 e. The molecule has 0 N–H and O–H groups in total. The first-order valence-corrected chi connectivity index (χ1v) is 31.3. The van der Waals surface area contributed by atoms with Crippen molar-refractivity contribution in [2.45, 2.75) is 376 Å². The van der Waals surface area contributed by atoms with Gasteiger partial charge in [-0.2, -0.15) is 0 Å². The average Bonchev–Trinajstić information content (AvgIpc) is 3.31. The molecule has 2 fully saturated rings. The Morgan fingerprint density at radius 2 is 0.625 bits per heavy atom. The number of hydrogen-bond acceptors (Lipinski definition) is 0. The summed E-state index contributed by atoms with van der Waals surface area (Å²) in [5.74, 6) is 3.94. The molecule has 2 aliphatic rings. The van der Waals surface area contributed by atoms with Crippen molar-refractivity contribution in [1.29, 1.82) is 0 Å². The van der Waals surface area contributed by atoms with Crippen molar-refractivity contribution in [2.75, 3.05) is 0 Å². The molecule has 0 aliphatic heterocycles. The van der Waals surface area contributed by atoms with E-state index in [1.54, 1.807) is 44.9 Å². The fourth-order valence-electron chi connectivity index (χ4n) is 15.2. The molecule has 0 aromatic heterocycles. The summed E-state index contributed by atoms with van der Waals surface area (Å²) < 4.78 is 0. The van der Waals surface area contributed by atoms with Gasteiger partial charge in [-0.15, -0.1) is 0 Å². The summed E-state index contributed by atoms with van der Waals surface area (Å²) in [5.41, 5.74) is 1.49. The lowest BCUT2D eigenvalue weighted by Gasteiger charge is -2.73. The molecule has 0 aromatic carbocycles. The van der Waals surface area contributed by atoms with Crippen molar-refractivity contribution in [2.24, 2.45) is 28.1 Å². The Morgan fingerprint density at radius 3 is 1.02 bits per heavy atom. The van der Waals surface area contributed by atoms with E-state index in [1.807, 2.05) is 0 Å². The van der Waals surface area contributed by atoms with Gasteiger partial charge in [0, 0.05) is 0 Å². The highest BCUT2D eigenvalue weighted by Crippen LogP contribution is 2.77. The van der Waals surface area contributed by atoms with Crippen molar-refractivity contribution in [1.82, 2.24) is 0 Å². The van der Waals surface area contributed by atoms with Gasteiger partial charge < -0.3 is 0 Å². The molecule has 4 unspecified atom stereocenters. The summed E-state index contributed by atoms with van der Waals surface area (Å²) in [7, 11) is 0. The second kappa shape index (κ2) is 39.8. The van der Waals surface area contributed by atoms with E-state index in [9.17, 15) is 0 Å². The Bertz CT molecular complexity index is 975. The van der Waals surface area contributed by atoms with E-state index in [0.29, 0.717) is 16.2 Å². The second-order valence-corrected chi connectivity index (χ2v) is 23.4. The quantitative estimate of drug-likeness (QED) is 0.0534. The lowest BCUT2D eigenvalue weighted by Crippen LogP contribution is -2.65. The minimum absolute atomic E-state index is 0.467. The lowest BCUT2D eigenvalue weighted by atomic mass is 9.31. The Labute approximate surface area is 408 Å². The summed E-state index contributed by atoms with van der Waals surface area (Å²) in [5, 5.41) is 0. The Kier molecular flexibility index (Phi) is 37.4. The molecule has 0 spiro atoms. The summed E-state index contributed by atoms with van der Waals surface area (Å²) in [6.45, 7) is 17.4. The third kappa shape index (κ3) is 21.3. The molecule has 0 saturated heterocycles. The van der Waals surface area contributed by atoms with Gasteiger partial charge in [-0.1, -0.05) is 318 Å². The maximum absolute atomic E-state index is 2.84. The largest absolute Gasteiger partial charge is 0.0654 e. The van der Waals surface area contributed by atoms with Crippen molar-refractivity contribution in [3.05, 3.63) is 5.92 Å². The van der Waals surface area contributed by atoms with E-state index in [0.717, 1.165) is 11.8 Å². The summed E-state index contributed by atoms with van der Waals surface area (Å²) >= 11 is 0. The monoisotopic (exact) mass is 894 g/mol. The van der Waals surface area contributed by atoms with Crippen molar-refractivity contribution in [3.8, 4) is 0 Å². The highest BCUT2D eigenvalue weighted by molar-refractivity contribution is 5.26. The van der Waals surface area contributed by atoms with Crippen molar-refractivity contribution >= 4 is 0 Å². The molecule has 64 heavy (non-hydrogen) atoms. The number of rotatable bonds is 46. The minimum atomic E-state index is 0.467. The molecule has 2 aliphatic carbocycles. The zero-order chi connectivity index (χ0) is 46.3. The zero-order valence-corrected chi connectivity index (χ0v) is 46.2. The van der Waals surface area contributed by atoms with E-state index in [2.05, 4.69) is 54.4 Å². The topological polar surface area (TPSA) is 0 Å². The fourth-order valence-corrected chi connectivity index (χ4v) is 15.2. The first-order chi connectivity index (χ1) is 31.5. The van der Waals surface area contributed by atoms with E-state index in [-0.39, 0.29) is 0 Å². The zero-order valence-electron chi connectivity index (χ0n) is 46.2. The third-order valence-electron chi connectivity index (χ3n) is 18.7. The van der Waals surface area contributed by atoms with E-state index in [4.69, 9.17) is 0 Å². The van der Waals surface area contributed by atoms with Crippen LogP contribution in [0.3, 0.4) is 0 Å². The summed E-state index contributed by atoms with van der Waals surface area (Å²) in [4.78, 5) is 0. The van der Waals surface area contributed by atoms with Crippen LogP contribution in [0.4, 0.5) is 0 Å². The van der Waals surface area contributed by atoms with Gasteiger partial charge in [0.2, 0.25) is 0 Å². The Hall–Kier alpha value is 0. The third-order valence-corrected chi connectivity index (χ3v) is 18.7. The molecule has 0 bridgehead atoms. The maximum atomic E-state index is 2.84. The normalized spacial score (nSPS) is 23.4. The molecule has 2 rings (SSSR count). The molecule has 0 aromatic rings. The van der Waals surface area contributed by atoms with Crippen LogP contribution in [0.25, 0.3) is 0 Å². The summed E-state index contributed by atoms with van der Waals surface area (Å²) in [6, 6.07) is 0. The van der Waals surface area contributed by atoms with Gasteiger partial charge in [-0.05, 0) is 91.8 Å². The first kappa shape index (κ1) is 60.1. The van der Waals surface area contributed by atoms with Crippen molar-refractivity contribution in [3.63, 3.8) is 0 Å². The molecule has 4 atom stereocenters. The predicted octanol–water partition coefficient (Wildman–Crippen LogP) is 23.8. The predicted molar refractivity (Wildman–Crippen MR) is 293 cm³/mol. The highest BCUT2D eigenvalue weighted by Gasteiger charge is 2.69. The van der Waals surface area contributed by atoms with Crippen LogP contribution in [0, 0.1) is 34.0 Å². The minimum Gasteiger partial charge on any atom is -0.0654 e. The molecular weight excluding hydrogens is 769 g/mol. The molecule has 1 radical (unpaired) electrons. The average molecular weight is 895 g/mol. The van der Waals surface area contributed by atoms with Crippen LogP contribution < -0.4 is 0 Å². The van der Waals surface area contributed by atoms with E-state index in [1.165, 1.54) is 283 Å². The molecular formula is C64H125. The standard InChI is InChI=1S/C64H125/c1-8-14-20-24-27-29-30-31-32-33-34-35-36-37-40-48-56-63(55-47-39-26-22-16-10-3)62(53-45-18-12-5,54-46-23-17-11-4)61(50-19-13-6)58-59(7)64(63,60-51-43-42-44-52-60)57-49-41-38-28-25-21-15-9-2/h60-61H,8-58H2,1-7H3. The van der Waals surface area contributed by atoms with Gasteiger partial charge in [0.05, 0.1) is 0 Å². The SMILES string of the molecule is CCCCCCCCCCCCCCCCCCC1(CCCCCCCC)C(CCCCC)(CCCCCC)C(CCCC)C[C](C)C1(CCCCCCCCCC)C1CCCCC1. The second-order valence-electron chi connectivity index (χ2n) is 23.4. The van der Waals surface area contributed by atoms with Gasteiger partial charge in [-0.3, -0.25) is 0 Å². The van der Waals surface area contributed by atoms with Gasteiger partial charge >= 0.3 is 0 Å². The lowest BCUT2D eigenvalue weighted by molar-refractivity contribution is -0.203. The molecule has 0 nitrogen and oxygen atoms in total. The Balaban J connectivity index is 2.53. The van der Waals surface area contributed by atoms with E-state index >= 15 is 0 Å². The molecule has 0 amide bonds. The van der Waals surface area contributed by atoms with Gasteiger partial charge in [0.1, 0.15) is 0 Å². The molecule has 0 heterocycles. The van der Waals surface area contributed by atoms with Gasteiger partial charge in [-0.25, -0.2) is 0 Å². The van der Waals surface area contributed by atoms with Crippen LogP contribution >= 0.6 is 0 Å².